The van der Waals surface area contributed by atoms with Crippen LogP contribution in [0.3, 0.4) is 0 Å². The lowest BCUT2D eigenvalue weighted by Crippen LogP contribution is -2.36. The molecule has 4 heteroatoms. The highest BCUT2D eigenvalue weighted by molar-refractivity contribution is 6.30. The van der Waals surface area contributed by atoms with E-state index in [0.29, 0.717) is 6.42 Å². The minimum Gasteiger partial charge on any atom is -0.303 e. The van der Waals surface area contributed by atoms with Gasteiger partial charge in [-0.05, 0) is 6.42 Å². The molecule has 1 fully saturated rings. The van der Waals surface area contributed by atoms with Gasteiger partial charge in [-0.25, -0.2) is 0 Å². The van der Waals surface area contributed by atoms with Gasteiger partial charge >= 0.3 is 0 Å². The largest absolute Gasteiger partial charge is 0.303 e. The molecular weight excluding hydrogens is 176 g/mol. The summed E-state index contributed by atoms with van der Waals surface area (Å²) in [4.78, 5) is 13.3. The van der Waals surface area contributed by atoms with E-state index in [4.69, 9.17) is 11.6 Å². The van der Waals surface area contributed by atoms with Crippen LogP contribution in [0.1, 0.15) is 19.8 Å². The van der Waals surface area contributed by atoms with Crippen molar-refractivity contribution in [3.8, 4) is 0 Å². The number of carbonyl (C=O) groups is 1. The maximum absolute atomic E-state index is 11.3. The Morgan fingerprint density at radius 3 is 3.00 bits per heavy atom. The lowest BCUT2D eigenvalue weighted by atomic mass is 10.2. The van der Waals surface area contributed by atoms with Gasteiger partial charge in [0.2, 0.25) is 0 Å². The van der Waals surface area contributed by atoms with Crippen LogP contribution in [0, 0.1) is 0 Å². The predicted octanol–water partition coefficient (Wildman–Crippen LogP) is 0.783. The van der Waals surface area contributed by atoms with Crippen LogP contribution in [0.4, 0.5) is 0 Å². The number of rotatable bonds is 4. The topological polar surface area (TPSA) is 32.3 Å². The molecule has 0 aliphatic carbocycles. The Morgan fingerprint density at radius 2 is 2.50 bits per heavy atom. The number of hydrogen-bond acceptors (Lipinski definition) is 3. The van der Waals surface area contributed by atoms with Crippen LogP contribution in [0.2, 0.25) is 0 Å². The highest BCUT2D eigenvalue weighted by Crippen LogP contribution is 2.10. The number of Topliss-reactive ketones (excluding diaryl/α,β-unsaturated/α-hetero) is 1. The third-order valence-corrected chi connectivity index (χ3v) is 2.49. The van der Waals surface area contributed by atoms with Crippen molar-refractivity contribution in [3.05, 3.63) is 0 Å². The first-order valence-corrected chi connectivity index (χ1v) is 4.81. The van der Waals surface area contributed by atoms with Gasteiger partial charge < -0.3 is 5.32 Å². The summed E-state index contributed by atoms with van der Waals surface area (Å²) in [5.41, 5.74) is -0.417. The number of ketones is 1. The van der Waals surface area contributed by atoms with Crippen LogP contribution in [-0.2, 0) is 4.79 Å². The zero-order chi connectivity index (χ0) is 8.97. The molecule has 0 amide bonds. The van der Waals surface area contributed by atoms with E-state index in [1.807, 2.05) is 11.8 Å². The molecule has 0 aromatic carbocycles. The van der Waals surface area contributed by atoms with Gasteiger partial charge in [0.05, 0.1) is 0 Å². The zero-order valence-electron chi connectivity index (χ0n) is 7.35. The molecular formula is C8H15ClN2O. The van der Waals surface area contributed by atoms with Crippen molar-refractivity contribution < 1.29 is 4.79 Å². The van der Waals surface area contributed by atoms with Crippen LogP contribution in [0.25, 0.3) is 0 Å². The minimum absolute atomic E-state index is 0.142. The molecule has 0 saturated carbocycles. The standard InChI is InChI=1S/C8H15ClN2O/c1-2-3-7(12)8(9)11-5-4-10-6-11/h8,10H,2-6H2,1H3. The molecule has 0 spiro atoms. The fraction of sp³-hybridized carbons (Fsp3) is 0.875. The van der Waals surface area contributed by atoms with Gasteiger partial charge in [-0.3, -0.25) is 9.69 Å². The fourth-order valence-electron chi connectivity index (χ4n) is 1.29. The molecule has 3 nitrogen and oxygen atoms in total. The van der Waals surface area contributed by atoms with Crippen molar-refractivity contribution in [2.24, 2.45) is 0 Å². The maximum Gasteiger partial charge on any atom is 0.165 e. The normalized spacial score (nSPS) is 21.2. The quantitative estimate of drug-likeness (QED) is 0.526. The van der Waals surface area contributed by atoms with Crippen LogP contribution in [0.15, 0.2) is 0 Å². The van der Waals surface area contributed by atoms with Gasteiger partial charge in [0.15, 0.2) is 5.78 Å². The van der Waals surface area contributed by atoms with Gasteiger partial charge in [-0.2, -0.15) is 0 Å². The first-order chi connectivity index (χ1) is 5.75. The number of nitrogens with one attached hydrogen (secondary N) is 1. The molecule has 1 rings (SSSR count). The molecule has 12 heavy (non-hydrogen) atoms. The van der Waals surface area contributed by atoms with Crippen molar-refractivity contribution >= 4 is 17.4 Å². The van der Waals surface area contributed by atoms with E-state index in [1.165, 1.54) is 0 Å². The molecule has 1 aliphatic heterocycles. The summed E-state index contributed by atoms with van der Waals surface area (Å²) >= 11 is 5.95. The lowest BCUT2D eigenvalue weighted by Gasteiger charge is -2.18. The first kappa shape index (κ1) is 9.96. The number of alkyl halides is 1. The summed E-state index contributed by atoms with van der Waals surface area (Å²) in [7, 11) is 0. The monoisotopic (exact) mass is 190 g/mol. The fourth-order valence-corrected chi connectivity index (χ4v) is 1.56. The number of halogens is 1. The Bertz CT molecular complexity index is 157. The van der Waals surface area contributed by atoms with Crippen molar-refractivity contribution in [1.82, 2.24) is 10.2 Å². The van der Waals surface area contributed by atoms with E-state index >= 15 is 0 Å². The minimum atomic E-state index is -0.417. The smallest absolute Gasteiger partial charge is 0.165 e. The summed E-state index contributed by atoms with van der Waals surface area (Å²) in [6.07, 6.45) is 1.47. The molecule has 70 valence electrons. The average Bonchev–Trinajstić information content (AvgIpc) is 2.55. The highest BCUT2D eigenvalue weighted by atomic mass is 35.5. The SMILES string of the molecule is CCCC(=O)C(Cl)N1CCNC1. The van der Waals surface area contributed by atoms with Crippen LogP contribution >= 0.6 is 11.6 Å². The maximum atomic E-state index is 11.3. The second kappa shape index (κ2) is 4.80. The van der Waals surface area contributed by atoms with E-state index in [0.717, 1.165) is 26.2 Å². The van der Waals surface area contributed by atoms with E-state index < -0.39 is 5.50 Å². The first-order valence-electron chi connectivity index (χ1n) is 4.37. The number of hydrogen-bond donors (Lipinski definition) is 1. The molecule has 1 atom stereocenters. The van der Waals surface area contributed by atoms with Crippen molar-refractivity contribution in [1.29, 1.82) is 0 Å². The van der Waals surface area contributed by atoms with Gasteiger partial charge in [-0.15, -0.1) is 0 Å². The Labute approximate surface area is 78.1 Å². The van der Waals surface area contributed by atoms with Crippen molar-refractivity contribution in [2.75, 3.05) is 19.8 Å². The molecule has 1 unspecified atom stereocenters. The van der Waals surface area contributed by atoms with Gasteiger partial charge in [0, 0.05) is 26.2 Å². The van der Waals surface area contributed by atoms with Crippen molar-refractivity contribution in [2.45, 2.75) is 25.3 Å². The molecule has 1 N–H and O–H groups in total. The van der Waals surface area contributed by atoms with Crippen LogP contribution < -0.4 is 5.32 Å². The summed E-state index contributed by atoms with van der Waals surface area (Å²) in [5.74, 6) is 0.142. The second-order valence-electron chi connectivity index (χ2n) is 3.02. The van der Waals surface area contributed by atoms with E-state index in [1.54, 1.807) is 0 Å². The molecule has 0 radical (unpaired) electrons. The van der Waals surface area contributed by atoms with E-state index in [-0.39, 0.29) is 5.78 Å². The third-order valence-electron chi connectivity index (χ3n) is 1.97. The molecule has 1 heterocycles. The average molecular weight is 191 g/mol. The van der Waals surface area contributed by atoms with E-state index in [9.17, 15) is 4.79 Å². The van der Waals surface area contributed by atoms with Gasteiger partial charge in [-0.1, -0.05) is 18.5 Å². The van der Waals surface area contributed by atoms with E-state index in [2.05, 4.69) is 5.32 Å². The summed E-state index contributed by atoms with van der Waals surface area (Å²) in [5, 5.41) is 3.14. The van der Waals surface area contributed by atoms with Gasteiger partial charge in [0.25, 0.3) is 0 Å². The second-order valence-corrected chi connectivity index (χ2v) is 3.44. The third kappa shape index (κ3) is 2.44. The molecule has 0 bridgehead atoms. The van der Waals surface area contributed by atoms with Gasteiger partial charge in [0.1, 0.15) is 5.50 Å². The Balaban J connectivity index is 2.34. The van der Waals surface area contributed by atoms with Crippen molar-refractivity contribution in [3.63, 3.8) is 0 Å². The number of carbonyl (C=O) groups excluding carboxylic acids is 1. The van der Waals surface area contributed by atoms with Crippen LogP contribution in [0.5, 0.6) is 0 Å². The summed E-state index contributed by atoms with van der Waals surface area (Å²) in [6.45, 7) is 4.54. The Hall–Kier alpha value is -0.120. The predicted molar refractivity (Wildman–Crippen MR) is 49.1 cm³/mol. The highest BCUT2D eigenvalue weighted by Gasteiger charge is 2.24. The molecule has 0 aromatic heterocycles. The molecule has 1 saturated heterocycles. The summed E-state index contributed by atoms with van der Waals surface area (Å²) < 4.78 is 0. The van der Waals surface area contributed by atoms with Crippen LogP contribution in [-0.4, -0.2) is 35.9 Å². The number of nitrogens with zero attached hydrogens (tertiary/aromatic N) is 1. The summed E-state index contributed by atoms with van der Waals surface area (Å²) in [6, 6.07) is 0. The zero-order valence-corrected chi connectivity index (χ0v) is 8.10. The molecule has 0 aromatic rings. The lowest BCUT2D eigenvalue weighted by molar-refractivity contribution is -0.121. The Morgan fingerprint density at radius 1 is 1.75 bits per heavy atom. The Kier molecular flexibility index (Phi) is 3.98. The molecule has 1 aliphatic rings.